The highest BCUT2D eigenvalue weighted by molar-refractivity contribution is 7.99. The van der Waals surface area contributed by atoms with E-state index in [1.165, 1.54) is 0 Å². The van der Waals surface area contributed by atoms with Crippen LogP contribution in [0.3, 0.4) is 0 Å². The summed E-state index contributed by atoms with van der Waals surface area (Å²) in [5, 5.41) is 28.3. The van der Waals surface area contributed by atoms with Gasteiger partial charge >= 0.3 is 22.5 Å². The third kappa shape index (κ3) is 7.31. The van der Waals surface area contributed by atoms with E-state index < -0.39 is 91.5 Å². The lowest BCUT2D eigenvalue weighted by molar-refractivity contribution is -0.387. The van der Waals surface area contributed by atoms with Crippen molar-refractivity contribution in [2.75, 3.05) is 11.4 Å². The monoisotopic (exact) mass is 494 g/mol. The molecule has 0 saturated carbocycles. The van der Waals surface area contributed by atoms with Gasteiger partial charge in [-0.25, -0.2) is 4.98 Å². The van der Waals surface area contributed by atoms with Gasteiger partial charge in [-0.1, -0.05) is 48.8 Å². The molecule has 0 saturated heterocycles. The fourth-order valence-electron chi connectivity index (χ4n) is 1.42. The highest BCUT2D eigenvalue weighted by Gasteiger charge is 2.22. The number of nitro groups is 2. The summed E-state index contributed by atoms with van der Waals surface area (Å²) in [6.45, 7) is -6.60. The Kier molecular flexibility index (Phi) is 4.49. The molecule has 164 valence electrons. The van der Waals surface area contributed by atoms with E-state index in [0.29, 0.717) is 0 Å². The van der Waals surface area contributed by atoms with Crippen LogP contribution in [0.4, 0.5) is 11.4 Å². The summed E-state index contributed by atoms with van der Waals surface area (Å²) < 4.78 is 102. The molecular weight excluding hydrogens is 464 g/mol. The van der Waals surface area contributed by atoms with E-state index in [0.717, 1.165) is 0 Å². The van der Waals surface area contributed by atoms with E-state index in [1.807, 2.05) is 4.98 Å². The van der Waals surface area contributed by atoms with Crippen LogP contribution in [0.1, 0.15) is 45.6 Å². The van der Waals surface area contributed by atoms with Crippen LogP contribution in [0, 0.1) is 20.2 Å². The number of rotatable bonds is 8. The lowest BCUT2D eigenvalue weighted by Gasteiger charge is -1.99. The molecule has 0 aliphatic heterocycles. The van der Waals surface area contributed by atoms with Crippen molar-refractivity contribution >= 4 is 46.5 Å². The molecule has 0 aliphatic carbocycles. The first kappa shape index (κ1) is 11.1. The Hall–Kier alpha value is -2.65. The highest BCUT2D eigenvalue weighted by Crippen LogP contribution is 2.22. The third-order valence-corrected chi connectivity index (χ3v) is 3.89. The van der Waals surface area contributed by atoms with Crippen LogP contribution < -0.4 is 11.1 Å². The first-order valence-corrected chi connectivity index (χ1v) is 8.72. The Morgan fingerprint density at radius 3 is 1.90 bits per heavy atom. The van der Waals surface area contributed by atoms with E-state index >= 15 is 0 Å². The van der Waals surface area contributed by atoms with Gasteiger partial charge in [0, 0.05) is 30.6 Å². The van der Waals surface area contributed by atoms with Gasteiger partial charge in [-0.3, -0.25) is 39.8 Å². The van der Waals surface area contributed by atoms with Gasteiger partial charge in [-0.2, -0.15) is 4.98 Å². The lowest BCUT2D eigenvalue weighted by Crippen LogP contribution is -2.14. The van der Waals surface area contributed by atoms with Gasteiger partial charge in [0.15, 0.2) is 10.3 Å². The van der Waals surface area contributed by atoms with Crippen molar-refractivity contribution in [1.82, 2.24) is 19.9 Å². The summed E-state index contributed by atoms with van der Waals surface area (Å²) in [7, 11) is 0. The third-order valence-electron chi connectivity index (χ3n) is 2.45. The van der Waals surface area contributed by atoms with E-state index in [-0.39, 0.29) is 23.5 Å². The van der Waals surface area contributed by atoms with Gasteiger partial charge in [0.25, 0.3) is 5.88 Å². The molecule has 13 nitrogen and oxygen atoms in total. The zero-order chi connectivity index (χ0) is 35.0. The van der Waals surface area contributed by atoms with E-state index in [9.17, 15) is 34.9 Å². The van der Waals surface area contributed by atoms with Crippen molar-refractivity contribution in [3.8, 4) is 5.88 Å². The maximum absolute atomic E-state index is 11.5. The highest BCUT2D eigenvalue weighted by atomic mass is 35.5. The molecule has 0 bridgehead atoms. The number of aromatic hydroxyl groups is 1. The fourth-order valence-corrected chi connectivity index (χ4v) is 2.56. The molecule has 2 heterocycles. The Labute approximate surface area is 201 Å². The first-order chi connectivity index (χ1) is 19.4. The number of thioether (sulfide) groups is 2. The minimum Gasteiger partial charge on any atom is -0.488 e. The van der Waals surface area contributed by atoms with Crippen LogP contribution in [-0.2, 0) is 0 Å². The van der Waals surface area contributed by atoms with Crippen LogP contribution in [-0.4, -0.2) is 46.3 Å². The minimum atomic E-state index is -3.32. The Balaban J connectivity index is 0.000000440. The topological polar surface area (TPSA) is 198 Å². The molecule has 0 amide bonds. The SMILES string of the molecule is [2H]C([2H])([2H])C([2H])([2H])C([2H])([2H])Sc1nc(Cl)c([N+](=O)[O-])c(=O)[nH]1.[2H]C([2H])([2H])C([2H])([2H])C([2H])([2H])Sc1nc(O)c([N+](=O)[O-])c(=O)[nH]1. The van der Waals surface area contributed by atoms with Crippen molar-refractivity contribution in [2.45, 2.75) is 36.8 Å². The molecule has 16 heteroatoms. The van der Waals surface area contributed by atoms with Gasteiger partial charge in [-0.15, -0.1) is 0 Å². The Bertz CT molecular complexity index is 1430. The van der Waals surface area contributed by atoms with Crippen LogP contribution in [0.2, 0.25) is 5.15 Å². The molecule has 2 aromatic heterocycles. The van der Waals surface area contributed by atoms with Crippen LogP contribution in [0.5, 0.6) is 5.88 Å². The number of hydrogen-bond donors (Lipinski definition) is 3. The Morgan fingerprint density at radius 2 is 1.50 bits per heavy atom. The van der Waals surface area contributed by atoms with Crippen molar-refractivity contribution in [1.29, 1.82) is 0 Å². The predicted molar refractivity (Wildman–Crippen MR) is 112 cm³/mol. The molecule has 0 spiro atoms. The maximum atomic E-state index is 11.5. The van der Waals surface area contributed by atoms with E-state index in [1.54, 1.807) is 4.98 Å². The van der Waals surface area contributed by atoms with Gasteiger partial charge in [0.05, 0.1) is 9.85 Å². The molecule has 0 radical (unpaired) electrons. The molecule has 3 N–H and O–H groups in total. The lowest BCUT2D eigenvalue weighted by atomic mass is 10.5. The van der Waals surface area contributed by atoms with E-state index in [2.05, 4.69) is 9.97 Å². The first-order valence-electron chi connectivity index (χ1n) is 13.7. The molecule has 0 unspecified atom stereocenters. The molecule has 0 atom stereocenters. The largest absolute Gasteiger partial charge is 0.488 e. The molecule has 0 aromatic carbocycles. The summed E-state index contributed by atoms with van der Waals surface area (Å²) in [6, 6.07) is 0. The number of nitrogens with zero attached hydrogens (tertiary/aromatic N) is 4. The van der Waals surface area contributed by atoms with Crippen LogP contribution in [0.25, 0.3) is 0 Å². The van der Waals surface area contributed by atoms with Crippen LogP contribution >= 0.6 is 35.1 Å². The average Bonchev–Trinajstić information content (AvgIpc) is 2.75. The Morgan fingerprint density at radius 1 is 1.03 bits per heavy atom. The number of H-pyrrole nitrogens is 2. The molecule has 0 aliphatic rings. The zero-order valence-corrected chi connectivity index (χ0v) is 16.3. The smallest absolute Gasteiger partial charge is 0.395 e. The number of hydrogen-bond acceptors (Lipinski definition) is 11. The van der Waals surface area contributed by atoms with Gasteiger partial charge in [0.1, 0.15) is 0 Å². The predicted octanol–water partition coefficient (Wildman–Crippen LogP) is 2.72. The number of nitrogens with one attached hydrogen (secondary N) is 2. The summed E-state index contributed by atoms with van der Waals surface area (Å²) in [5.74, 6) is -1.29. The average molecular weight is 495 g/mol. The second kappa shape index (κ2) is 12.1. The van der Waals surface area contributed by atoms with Crippen molar-refractivity contribution in [2.24, 2.45) is 0 Å². The van der Waals surface area contributed by atoms with Gasteiger partial charge in [0.2, 0.25) is 5.15 Å². The molecular formula is C14H17ClN6O7S2. The fraction of sp³-hybridized carbons (Fsp3) is 0.429. The molecule has 2 rings (SSSR count). The van der Waals surface area contributed by atoms with Crippen molar-refractivity contribution in [3.05, 3.63) is 46.1 Å². The second-order valence-electron chi connectivity index (χ2n) is 4.23. The molecule has 30 heavy (non-hydrogen) atoms. The molecule has 2 aromatic rings. The van der Waals surface area contributed by atoms with E-state index in [4.69, 9.17) is 30.8 Å². The standard InChI is InChI=1S/C7H8ClN3O3S.C7H9N3O4S/c1-2-3-15-7-9-5(8)4(11(13)14)6(12)10-7;1-2-3-15-7-8-5(11)4(10(13)14)6(12)9-7/h2-3H2,1H3,(H,9,10,12);2-3H2,1H3,(H2,8,9,11,12)/i2*1D3,2D2,3D2. The molecule has 0 fully saturated rings. The van der Waals surface area contributed by atoms with Gasteiger partial charge in [-0.05, 0) is 12.7 Å². The normalized spacial score (nSPS) is 19.9. The number of aromatic nitrogens is 4. The minimum absolute atomic E-state index is 0.0469. The number of halogens is 1. The van der Waals surface area contributed by atoms with Gasteiger partial charge < -0.3 is 5.11 Å². The maximum Gasteiger partial charge on any atom is 0.395 e. The second-order valence-corrected chi connectivity index (χ2v) is 6.17. The van der Waals surface area contributed by atoms with Crippen molar-refractivity contribution < 1.29 is 34.1 Å². The summed E-state index contributed by atoms with van der Waals surface area (Å²) in [4.78, 5) is 51.8. The quantitative estimate of drug-likeness (QED) is 0.160. The summed E-state index contributed by atoms with van der Waals surface area (Å²) in [6.07, 6.45) is -6.60. The number of aromatic amines is 2. The summed E-state index contributed by atoms with van der Waals surface area (Å²) >= 11 is 5.28. The van der Waals surface area contributed by atoms with Crippen molar-refractivity contribution in [3.63, 3.8) is 0 Å². The van der Waals surface area contributed by atoms with Crippen LogP contribution in [0.15, 0.2) is 19.9 Å². The zero-order valence-electron chi connectivity index (χ0n) is 27.9. The summed E-state index contributed by atoms with van der Waals surface area (Å²) in [5.41, 5.74) is -11.1.